The van der Waals surface area contributed by atoms with Gasteiger partial charge >= 0.3 is 0 Å². The molecule has 23 heavy (non-hydrogen) atoms. The largest absolute Gasteiger partial charge is 0.332 e. The van der Waals surface area contributed by atoms with Gasteiger partial charge in [-0.3, -0.25) is 4.79 Å². The highest BCUT2D eigenvalue weighted by Gasteiger charge is 2.20. The van der Waals surface area contributed by atoms with Crippen LogP contribution in [0.15, 0.2) is 54.6 Å². The zero-order chi connectivity index (χ0) is 16.7. The number of hydrogen-bond acceptors (Lipinski definition) is 2. The summed E-state index contributed by atoms with van der Waals surface area (Å²) >= 11 is 0. The summed E-state index contributed by atoms with van der Waals surface area (Å²) in [7, 11) is 0. The molecule has 1 atom stereocenters. The molecule has 1 amide bonds. The van der Waals surface area contributed by atoms with E-state index >= 15 is 0 Å². The highest BCUT2D eigenvalue weighted by Crippen LogP contribution is 2.16. The van der Waals surface area contributed by atoms with E-state index in [2.05, 4.69) is 42.7 Å². The molecule has 2 aromatic rings. The lowest BCUT2D eigenvalue weighted by molar-refractivity contribution is -0.692. The van der Waals surface area contributed by atoms with E-state index in [4.69, 9.17) is 5.26 Å². The third kappa shape index (κ3) is 4.94. The van der Waals surface area contributed by atoms with Gasteiger partial charge in [0.2, 0.25) is 0 Å². The van der Waals surface area contributed by atoms with E-state index in [1.807, 2.05) is 18.2 Å². The Hall–Kier alpha value is -2.64. The van der Waals surface area contributed by atoms with Gasteiger partial charge < -0.3 is 10.6 Å². The van der Waals surface area contributed by atoms with Crippen molar-refractivity contribution in [3.63, 3.8) is 0 Å². The summed E-state index contributed by atoms with van der Waals surface area (Å²) in [5, 5.41) is 13.8. The summed E-state index contributed by atoms with van der Waals surface area (Å²) in [4.78, 5) is 12.1. The smallest absolute Gasteiger partial charge is 0.279 e. The minimum Gasteiger partial charge on any atom is -0.332 e. The molecule has 0 fully saturated rings. The standard InChI is InChI=1S/C19H21N3O/c1-14(2)19(16-8-4-3-5-9-16)21-13-18(23)22-17-10-6-7-15(11-17)12-20/h3-11,14,19,21H,13H2,1-2H3,(H,22,23)/p+1/t19-/m0/s1. The van der Waals surface area contributed by atoms with Crippen LogP contribution in [-0.2, 0) is 4.79 Å². The van der Waals surface area contributed by atoms with E-state index in [1.54, 1.807) is 24.3 Å². The Bertz CT molecular complexity index is 689. The van der Waals surface area contributed by atoms with Crippen LogP contribution in [-0.4, -0.2) is 12.5 Å². The average Bonchev–Trinajstić information content (AvgIpc) is 2.56. The summed E-state index contributed by atoms with van der Waals surface area (Å²) in [5.74, 6) is 0.355. The quantitative estimate of drug-likeness (QED) is 0.860. The number of carbonyl (C=O) groups excluding carboxylic acids is 1. The van der Waals surface area contributed by atoms with Gasteiger partial charge in [-0.25, -0.2) is 0 Å². The molecule has 4 heteroatoms. The van der Waals surface area contributed by atoms with Crippen molar-refractivity contribution in [2.75, 3.05) is 11.9 Å². The Balaban J connectivity index is 1.95. The number of benzene rings is 2. The molecule has 0 aromatic heterocycles. The molecule has 0 bridgehead atoms. The maximum atomic E-state index is 12.1. The molecule has 2 aromatic carbocycles. The monoisotopic (exact) mass is 308 g/mol. The molecule has 0 aliphatic carbocycles. The molecule has 0 aliphatic rings. The van der Waals surface area contributed by atoms with Gasteiger partial charge in [0, 0.05) is 17.2 Å². The van der Waals surface area contributed by atoms with Gasteiger partial charge in [0.25, 0.3) is 5.91 Å². The van der Waals surface area contributed by atoms with Crippen molar-refractivity contribution in [1.29, 1.82) is 5.26 Å². The number of quaternary nitrogens is 1. The van der Waals surface area contributed by atoms with Crippen LogP contribution >= 0.6 is 0 Å². The number of nitrogens with one attached hydrogen (secondary N) is 1. The van der Waals surface area contributed by atoms with Crippen molar-refractivity contribution in [1.82, 2.24) is 0 Å². The number of nitrogens with two attached hydrogens (primary N) is 1. The molecule has 118 valence electrons. The Morgan fingerprint density at radius 1 is 1.17 bits per heavy atom. The zero-order valence-electron chi connectivity index (χ0n) is 13.5. The minimum atomic E-state index is -0.0679. The summed E-state index contributed by atoms with van der Waals surface area (Å²) < 4.78 is 0. The van der Waals surface area contributed by atoms with Crippen molar-refractivity contribution in [2.45, 2.75) is 19.9 Å². The molecule has 0 unspecified atom stereocenters. The van der Waals surface area contributed by atoms with Gasteiger partial charge in [-0.15, -0.1) is 0 Å². The third-order valence-electron chi connectivity index (χ3n) is 3.74. The maximum Gasteiger partial charge on any atom is 0.279 e. The molecule has 0 aliphatic heterocycles. The molecular formula is C19H22N3O+. The molecule has 0 saturated heterocycles. The van der Waals surface area contributed by atoms with E-state index in [1.165, 1.54) is 5.56 Å². The van der Waals surface area contributed by atoms with E-state index in [-0.39, 0.29) is 11.9 Å². The van der Waals surface area contributed by atoms with E-state index < -0.39 is 0 Å². The average molecular weight is 308 g/mol. The van der Waals surface area contributed by atoms with Crippen molar-refractivity contribution in [2.24, 2.45) is 5.92 Å². The highest BCUT2D eigenvalue weighted by atomic mass is 16.1. The second kappa shape index (κ2) is 8.11. The molecule has 0 radical (unpaired) electrons. The third-order valence-corrected chi connectivity index (χ3v) is 3.74. The van der Waals surface area contributed by atoms with Gasteiger partial charge in [0.15, 0.2) is 6.54 Å². The predicted molar refractivity (Wildman–Crippen MR) is 90.6 cm³/mol. The normalized spacial score (nSPS) is 11.7. The molecule has 0 spiro atoms. The molecule has 0 saturated carbocycles. The van der Waals surface area contributed by atoms with Gasteiger partial charge in [0.05, 0.1) is 11.6 Å². The first-order chi connectivity index (χ1) is 11.1. The summed E-state index contributed by atoms with van der Waals surface area (Å²) in [6.45, 7) is 4.65. The fourth-order valence-corrected chi connectivity index (χ4v) is 2.58. The predicted octanol–water partition coefficient (Wildman–Crippen LogP) is 2.46. The first-order valence-electron chi connectivity index (χ1n) is 7.78. The van der Waals surface area contributed by atoms with Crippen molar-refractivity contribution in [3.8, 4) is 6.07 Å². The van der Waals surface area contributed by atoms with Crippen molar-refractivity contribution >= 4 is 11.6 Å². The van der Waals surface area contributed by atoms with Gasteiger partial charge in [0.1, 0.15) is 6.04 Å². The van der Waals surface area contributed by atoms with E-state index in [0.29, 0.717) is 23.7 Å². The fourth-order valence-electron chi connectivity index (χ4n) is 2.58. The SMILES string of the molecule is CC(C)[C@H]([NH2+]CC(=O)Nc1cccc(C#N)c1)c1ccccc1. The number of nitriles is 1. The Kier molecular flexibility index (Phi) is 5.90. The van der Waals surface area contributed by atoms with Crippen LogP contribution < -0.4 is 10.6 Å². The zero-order valence-corrected chi connectivity index (χ0v) is 13.5. The fraction of sp³-hybridized carbons (Fsp3) is 0.263. The number of amides is 1. The second-order valence-electron chi connectivity index (χ2n) is 5.86. The van der Waals surface area contributed by atoms with Crippen LogP contribution in [0.2, 0.25) is 0 Å². The lowest BCUT2D eigenvalue weighted by Crippen LogP contribution is -2.88. The molecule has 4 nitrogen and oxygen atoms in total. The van der Waals surface area contributed by atoms with Crippen LogP contribution in [0.3, 0.4) is 0 Å². The van der Waals surface area contributed by atoms with Gasteiger partial charge in [-0.05, 0) is 18.2 Å². The number of nitrogens with zero attached hydrogens (tertiary/aromatic N) is 1. The number of anilines is 1. The molecule has 0 heterocycles. The summed E-state index contributed by atoms with van der Waals surface area (Å²) in [5.41, 5.74) is 2.42. The second-order valence-corrected chi connectivity index (χ2v) is 5.86. The van der Waals surface area contributed by atoms with E-state index in [0.717, 1.165) is 0 Å². The number of rotatable bonds is 6. The van der Waals surface area contributed by atoms with Crippen molar-refractivity contribution < 1.29 is 10.1 Å². The highest BCUT2D eigenvalue weighted by molar-refractivity contribution is 5.91. The Morgan fingerprint density at radius 2 is 1.91 bits per heavy atom. The maximum absolute atomic E-state index is 12.1. The molecular weight excluding hydrogens is 286 g/mol. The Labute approximate surface area is 137 Å². The lowest BCUT2D eigenvalue weighted by atomic mass is 9.96. The van der Waals surface area contributed by atoms with Crippen LogP contribution in [0.1, 0.15) is 31.0 Å². The number of hydrogen-bond donors (Lipinski definition) is 2. The van der Waals surface area contributed by atoms with Crippen molar-refractivity contribution in [3.05, 3.63) is 65.7 Å². The number of carbonyl (C=O) groups is 1. The van der Waals surface area contributed by atoms with Gasteiger partial charge in [-0.2, -0.15) is 5.26 Å². The molecule has 2 rings (SSSR count). The van der Waals surface area contributed by atoms with Crippen LogP contribution in [0.4, 0.5) is 5.69 Å². The molecule has 3 N–H and O–H groups in total. The van der Waals surface area contributed by atoms with Crippen LogP contribution in [0.5, 0.6) is 0 Å². The minimum absolute atomic E-state index is 0.0679. The van der Waals surface area contributed by atoms with Gasteiger partial charge in [-0.1, -0.05) is 50.2 Å². The topological polar surface area (TPSA) is 69.5 Å². The van der Waals surface area contributed by atoms with Crippen LogP contribution in [0.25, 0.3) is 0 Å². The van der Waals surface area contributed by atoms with E-state index in [9.17, 15) is 4.79 Å². The summed E-state index contributed by atoms with van der Waals surface area (Å²) in [6.07, 6.45) is 0. The first kappa shape index (κ1) is 16.7. The lowest BCUT2D eigenvalue weighted by Gasteiger charge is -2.19. The first-order valence-corrected chi connectivity index (χ1v) is 7.78. The summed E-state index contributed by atoms with van der Waals surface area (Å²) in [6, 6.07) is 19.5. The van der Waals surface area contributed by atoms with Crippen LogP contribution in [0, 0.1) is 17.2 Å². The Morgan fingerprint density at radius 3 is 2.57 bits per heavy atom.